The molecule has 4 nitrogen and oxygen atoms in total. The molecule has 0 aliphatic rings. The van der Waals surface area contributed by atoms with E-state index in [-0.39, 0.29) is 0 Å². The second-order valence-corrected chi connectivity index (χ2v) is 8.21. The van der Waals surface area contributed by atoms with E-state index >= 15 is 0 Å². The third-order valence-electron chi connectivity index (χ3n) is 4.85. The Morgan fingerprint density at radius 1 is 0.594 bits per heavy atom. The number of amides is 2. The van der Waals surface area contributed by atoms with Crippen LogP contribution >= 0.6 is 11.8 Å². The summed E-state index contributed by atoms with van der Waals surface area (Å²) in [6.07, 6.45) is 0. The van der Waals surface area contributed by atoms with E-state index in [1.807, 2.05) is 109 Å². The van der Waals surface area contributed by atoms with E-state index in [2.05, 4.69) is 10.6 Å². The molecule has 0 radical (unpaired) electrons. The number of para-hydroxylation sites is 1. The van der Waals surface area contributed by atoms with Gasteiger partial charge < -0.3 is 10.6 Å². The lowest BCUT2D eigenvalue weighted by Crippen LogP contribution is -2.38. The van der Waals surface area contributed by atoms with Crippen LogP contribution in [0.4, 0.5) is 5.69 Å². The first-order valence-corrected chi connectivity index (χ1v) is 11.1. The number of hydrogen-bond acceptors (Lipinski definition) is 3. The lowest BCUT2D eigenvalue weighted by atomic mass is 9.99. The van der Waals surface area contributed by atoms with Gasteiger partial charge in [0.25, 0.3) is 0 Å². The van der Waals surface area contributed by atoms with E-state index < -0.39 is 17.9 Å². The van der Waals surface area contributed by atoms with Crippen LogP contribution in [-0.4, -0.2) is 11.8 Å². The van der Waals surface area contributed by atoms with Crippen molar-refractivity contribution in [2.45, 2.75) is 15.8 Å². The summed E-state index contributed by atoms with van der Waals surface area (Å²) in [6, 6.07) is 36.1. The van der Waals surface area contributed by atoms with Crippen molar-refractivity contribution < 1.29 is 9.59 Å². The zero-order valence-electron chi connectivity index (χ0n) is 17.3. The van der Waals surface area contributed by atoms with Crippen LogP contribution in [0.3, 0.4) is 0 Å². The molecule has 0 aromatic heterocycles. The Morgan fingerprint density at radius 2 is 1.09 bits per heavy atom. The molecule has 4 aromatic carbocycles. The molecule has 0 aliphatic heterocycles. The summed E-state index contributed by atoms with van der Waals surface area (Å²) in [6.45, 7) is 0. The number of carbonyl (C=O) groups excluding carboxylic acids is 2. The highest BCUT2D eigenvalue weighted by Gasteiger charge is 2.22. The maximum Gasteiger partial charge on any atom is 0.313 e. The molecule has 32 heavy (non-hydrogen) atoms. The highest BCUT2D eigenvalue weighted by Crippen LogP contribution is 2.33. The first-order chi connectivity index (χ1) is 15.7. The van der Waals surface area contributed by atoms with Crippen LogP contribution in [0, 0.1) is 0 Å². The van der Waals surface area contributed by atoms with Crippen LogP contribution in [0.25, 0.3) is 0 Å². The van der Waals surface area contributed by atoms with E-state index in [0.29, 0.717) is 5.69 Å². The van der Waals surface area contributed by atoms with Crippen LogP contribution in [0.2, 0.25) is 0 Å². The molecule has 0 aliphatic carbocycles. The molecule has 4 rings (SSSR count). The third-order valence-corrected chi connectivity index (χ3v) is 5.94. The first kappa shape index (κ1) is 21.4. The normalized spacial score (nSPS) is 10.5. The van der Waals surface area contributed by atoms with Crippen molar-refractivity contribution >= 4 is 29.3 Å². The predicted molar refractivity (Wildman–Crippen MR) is 129 cm³/mol. The zero-order valence-corrected chi connectivity index (χ0v) is 18.1. The molecule has 0 saturated heterocycles. The van der Waals surface area contributed by atoms with Gasteiger partial charge >= 0.3 is 11.8 Å². The van der Waals surface area contributed by atoms with Crippen molar-refractivity contribution in [1.82, 2.24) is 5.32 Å². The van der Waals surface area contributed by atoms with Gasteiger partial charge in [0.05, 0.1) is 11.7 Å². The lowest BCUT2D eigenvalue weighted by molar-refractivity contribution is -0.136. The maximum absolute atomic E-state index is 12.8. The van der Waals surface area contributed by atoms with E-state index in [1.54, 1.807) is 6.07 Å². The summed E-state index contributed by atoms with van der Waals surface area (Å²) in [5.41, 5.74) is 2.40. The summed E-state index contributed by atoms with van der Waals surface area (Å²) in [5.74, 6) is -1.40. The predicted octanol–water partition coefficient (Wildman–Crippen LogP) is 5.68. The second kappa shape index (κ2) is 10.5. The van der Waals surface area contributed by atoms with Gasteiger partial charge in [0.1, 0.15) is 0 Å². The summed E-state index contributed by atoms with van der Waals surface area (Å²) in [5, 5.41) is 5.65. The summed E-state index contributed by atoms with van der Waals surface area (Å²) in [4.78, 5) is 27.5. The average Bonchev–Trinajstić information content (AvgIpc) is 2.85. The highest BCUT2D eigenvalue weighted by molar-refractivity contribution is 7.99. The summed E-state index contributed by atoms with van der Waals surface area (Å²) >= 11 is 1.53. The maximum atomic E-state index is 12.8. The molecular formula is C27H22N2O2S. The number of anilines is 1. The molecule has 2 amide bonds. The molecule has 4 aromatic rings. The Hall–Kier alpha value is -3.83. The largest absolute Gasteiger partial charge is 0.337 e. The van der Waals surface area contributed by atoms with Gasteiger partial charge in [0.2, 0.25) is 0 Å². The van der Waals surface area contributed by atoms with Crippen molar-refractivity contribution in [3.63, 3.8) is 0 Å². The van der Waals surface area contributed by atoms with Gasteiger partial charge in [0, 0.05) is 9.79 Å². The monoisotopic (exact) mass is 438 g/mol. The van der Waals surface area contributed by atoms with E-state index in [9.17, 15) is 9.59 Å². The van der Waals surface area contributed by atoms with Gasteiger partial charge in [0.15, 0.2) is 0 Å². The van der Waals surface area contributed by atoms with Crippen molar-refractivity contribution in [3.05, 3.63) is 126 Å². The SMILES string of the molecule is O=C(Nc1ccccc1Sc1ccccc1)C(=O)NC(c1ccccc1)c1ccccc1. The van der Waals surface area contributed by atoms with E-state index in [1.165, 1.54) is 11.8 Å². The minimum absolute atomic E-state index is 0.426. The smallest absolute Gasteiger partial charge is 0.313 e. The fourth-order valence-electron chi connectivity index (χ4n) is 3.30. The van der Waals surface area contributed by atoms with Gasteiger partial charge in [-0.15, -0.1) is 0 Å². The molecule has 2 N–H and O–H groups in total. The van der Waals surface area contributed by atoms with Crippen molar-refractivity contribution in [1.29, 1.82) is 0 Å². The molecule has 0 spiro atoms. The molecular weight excluding hydrogens is 416 g/mol. The van der Waals surface area contributed by atoms with Crippen molar-refractivity contribution in [2.24, 2.45) is 0 Å². The molecule has 0 atom stereocenters. The first-order valence-electron chi connectivity index (χ1n) is 10.2. The van der Waals surface area contributed by atoms with Crippen LogP contribution in [0.5, 0.6) is 0 Å². The molecule has 5 heteroatoms. The van der Waals surface area contributed by atoms with Gasteiger partial charge in [-0.1, -0.05) is 103 Å². The molecule has 0 fully saturated rings. The highest BCUT2D eigenvalue weighted by atomic mass is 32.2. The van der Waals surface area contributed by atoms with Gasteiger partial charge in [-0.25, -0.2) is 0 Å². The Kier molecular flexibility index (Phi) is 7.00. The van der Waals surface area contributed by atoms with Crippen LogP contribution < -0.4 is 10.6 Å². The second-order valence-electron chi connectivity index (χ2n) is 7.09. The van der Waals surface area contributed by atoms with Crippen LogP contribution in [-0.2, 0) is 9.59 Å². The minimum atomic E-state index is -0.706. The Bertz CT molecular complexity index is 1140. The fourth-order valence-corrected chi connectivity index (χ4v) is 4.22. The quantitative estimate of drug-likeness (QED) is 0.381. The third kappa shape index (κ3) is 5.45. The summed E-state index contributed by atoms with van der Waals surface area (Å²) in [7, 11) is 0. The average molecular weight is 439 g/mol. The van der Waals surface area contributed by atoms with Gasteiger partial charge in [-0.2, -0.15) is 0 Å². The van der Waals surface area contributed by atoms with Crippen LogP contribution in [0.1, 0.15) is 17.2 Å². The van der Waals surface area contributed by atoms with E-state index in [4.69, 9.17) is 0 Å². The van der Waals surface area contributed by atoms with Gasteiger partial charge in [-0.05, 0) is 35.4 Å². The lowest BCUT2D eigenvalue weighted by Gasteiger charge is -2.20. The molecule has 0 saturated carbocycles. The zero-order chi connectivity index (χ0) is 22.2. The summed E-state index contributed by atoms with van der Waals surface area (Å²) < 4.78 is 0. The van der Waals surface area contributed by atoms with Crippen molar-refractivity contribution in [2.75, 3.05) is 5.32 Å². The number of carbonyl (C=O) groups is 2. The Balaban J connectivity index is 1.51. The van der Waals surface area contributed by atoms with Gasteiger partial charge in [-0.3, -0.25) is 9.59 Å². The molecule has 0 unspecified atom stereocenters. The number of rotatable bonds is 6. The Labute approximate surface area is 191 Å². The number of nitrogens with one attached hydrogen (secondary N) is 2. The molecule has 0 heterocycles. The van der Waals surface area contributed by atoms with Crippen molar-refractivity contribution in [3.8, 4) is 0 Å². The number of hydrogen-bond donors (Lipinski definition) is 2. The molecule has 158 valence electrons. The number of benzene rings is 4. The topological polar surface area (TPSA) is 58.2 Å². The molecule has 0 bridgehead atoms. The van der Waals surface area contributed by atoms with Crippen LogP contribution in [0.15, 0.2) is 125 Å². The fraction of sp³-hybridized carbons (Fsp3) is 0.0370. The Morgan fingerprint density at radius 3 is 1.69 bits per heavy atom. The minimum Gasteiger partial charge on any atom is -0.337 e. The van der Waals surface area contributed by atoms with E-state index in [0.717, 1.165) is 20.9 Å². The standard InChI is InChI=1S/C27H22N2O2S/c30-26(28-23-18-10-11-19-24(23)32-22-16-8-3-9-17-22)27(31)29-25(20-12-4-1-5-13-20)21-14-6-2-7-15-21/h1-19,25H,(H,28,30)(H,29,31).